The summed E-state index contributed by atoms with van der Waals surface area (Å²) in [4.78, 5) is 23.7. The van der Waals surface area contributed by atoms with Crippen LogP contribution in [0.25, 0.3) is 0 Å². The first-order valence-electron chi connectivity index (χ1n) is 8.18. The number of hydrogen-bond acceptors (Lipinski definition) is 5. The van der Waals surface area contributed by atoms with Crippen LogP contribution in [-0.2, 0) is 0 Å². The summed E-state index contributed by atoms with van der Waals surface area (Å²) in [6.45, 7) is 6.24. The third-order valence-electron chi connectivity index (χ3n) is 5.10. The van der Waals surface area contributed by atoms with Gasteiger partial charge in [0.25, 0.3) is 0 Å². The van der Waals surface area contributed by atoms with Gasteiger partial charge in [-0.1, -0.05) is 11.6 Å². The quantitative estimate of drug-likeness (QED) is 0.849. The Hall–Kier alpha value is -2.24. The normalized spacial score (nSPS) is 21.9. The second-order valence-electron chi connectivity index (χ2n) is 6.74. The van der Waals surface area contributed by atoms with E-state index in [2.05, 4.69) is 9.98 Å². The zero-order valence-electron chi connectivity index (χ0n) is 14.3. The number of aromatic nitrogens is 1. The molecule has 4 rings (SSSR count). The highest BCUT2D eigenvalue weighted by Gasteiger charge is 2.52. The van der Waals surface area contributed by atoms with Crippen LogP contribution in [0.4, 0.5) is 11.4 Å². The number of ketones is 1. The summed E-state index contributed by atoms with van der Waals surface area (Å²) in [5.41, 5.74) is 3.03. The highest BCUT2D eigenvalue weighted by Crippen LogP contribution is 2.40. The average molecular weight is 356 g/mol. The number of anilines is 1. The maximum absolute atomic E-state index is 13.0. The smallest absolute Gasteiger partial charge is 0.204 e. The molecule has 3 heterocycles. The molecule has 1 aromatic heterocycles. The van der Waals surface area contributed by atoms with Crippen molar-refractivity contribution in [1.82, 2.24) is 4.98 Å². The lowest BCUT2D eigenvalue weighted by molar-refractivity contribution is 0.0602. The van der Waals surface area contributed by atoms with Crippen molar-refractivity contribution < 1.29 is 9.90 Å². The molecule has 0 unspecified atom stereocenters. The summed E-state index contributed by atoms with van der Waals surface area (Å²) in [5, 5.41) is 11.6. The molecular weight excluding hydrogens is 338 g/mol. The van der Waals surface area contributed by atoms with Crippen molar-refractivity contribution in [3.05, 3.63) is 51.8 Å². The summed E-state index contributed by atoms with van der Waals surface area (Å²) in [7, 11) is 0. The van der Waals surface area contributed by atoms with Gasteiger partial charge in [-0.05, 0) is 50.1 Å². The number of aliphatic hydroxyl groups is 1. The van der Waals surface area contributed by atoms with Crippen LogP contribution in [0.15, 0.2) is 29.4 Å². The lowest BCUT2D eigenvalue weighted by Gasteiger charge is -2.30. The van der Waals surface area contributed by atoms with Crippen LogP contribution in [0.1, 0.15) is 33.6 Å². The molecule has 1 N–H and O–H groups in total. The predicted molar refractivity (Wildman–Crippen MR) is 98.2 cm³/mol. The molecule has 5 nitrogen and oxygen atoms in total. The SMILES string of the molecule is Cc1cc2c(cc1C)C(=O)[C@]1(O)CCN(c3cnc(C)c(Cl)c3)C1=N2. The Morgan fingerprint density at radius 2 is 1.92 bits per heavy atom. The van der Waals surface area contributed by atoms with Crippen LogP contribution in [0.5, 0.6) is 0 Å². The molecule has 0 bridgehead atoms. The van der Waals surface area contributed by atoms with E-state index in [4.69, 9.17) is 11.6 Å². The van der Waals surface area contributed by atoms with Crippen LogP contribution in [-0.4, -0.2) is 33.9 Å². The third-order valence-corrected chi connectivity index (χ3v) is 5.49. The van der Waals surface area contributed by atoms with Gasteiger partial charge in [-0.2, -0.15) is 0 Å². The van der Waals surface area contributed by atoms with Crippen LogP contribution >= 0.6 is 11.6 Å². The van der Waals surface area contributed by atoms with Crippen molar-refractivity contribution in [2.24, 2.45) is 4.99 Å². The molecule has 2 aromatic rings. The van der Waals surface area contributed by atoms with Gasteiger partial charge in [0.1, 0.15) is 5.84 Å². The number of fused-ring (bicyclic) bond motifs is 2. The van der Waals surface area contributed by atoms with Crippen LogP contribution in [0.3, 0.4) is 0 Å². The molecule has 1 fully saturated rings. The minimum atomic E-state index is -1.59. The molecule has 128 valence electrons. The predicted octanol–water partition coefficient (Wildman–Crippen LogP) is 3.53. The summed E-state index contributed by atoms with van der Waals surface area (Å²) >= 11 is 6.19. The minimum absolute atomic E-state index is 0.288. The third kappa shape index (κ3) is 2.30. The van der Waals surface area contributed by atoms with Gasteiger partial charge >= 0.3 is 0 Å². The summed E-state index contributed by atoms with van der Waals surface area (Å²) < 4.78 is 0. The van der Waals surface area contributed by atoms with Gasteiger partial charge in [0.05, 0.1) is 28.3 Å². The Labute approximate surface area is 151 Å². The van der Waals surface area contributed by atoms with E-state index in [9.17, 15) is 9.90 Å². The first-order chi connectivity index (χ1) is 11.8. The van der Waals surface area contributed by atoms with Gasteiger partial charge in [-0.3, -0.25) is 9.78 Å². The molecule has 6 heteroatoms. The molecule has 25 heavy (non-hydrogen) atoms. The van der Waals surface area contributed by atoms with Gasteiger partial charge in [0, 0.05) is 18.5 Å². The first kappa shape index (κ1) is 16.2. The Morgan fingerprint density at radius 1 is 1.20 bits per heavy atom. The lowest BCUT2D eigenvalue weighted by atomic mass is 9.86. The lowest BCUT2D eigenvalue weighted by Crippen LogP contribution is -2.48. The van der Waals surface area contributed by atoms with Gasteiger partial charge in [0.2, 0.25) is 5.78 Å². The summed E-state index contributed by atoms with van der Waals surface area (Å²) in [6, 6.07) is 5.50. The van der Waals surface area contributed by atoms with E-state index in [1.807, 2.05) is 37.8 Å². The topological polar surface area (TPSA) is 65.8 Å². The van der Waals surface area contributed by atoms with Crippen molar-refractivity contribution in [3.63, 3.8) is 0 Å². The highest BCUT2D eigenvalue weighted by molar-refractivity contribution is 6.32. The number of nitrogens with zero attached hydrogens (tertiary/aromatic N) is 3. The molecule has 2 aliphatic heterocycles. The van der Waals surface area contributed by atoms with Crippen molar-refractivity contribution in [2.75, 3.05) is 11.4 Å². The first-order valence-corrected chi connectivity index (χ1v) is 8.56. The molecule has 0 saturated carbocycles. The van der Waals surface area contributed by atoms with E-state index >= 15 is 0 Å². The molecular formula is C19H18ClN3O2. The van der Waals surface area contributed by atoms with Gasteiger partial charge in [0.15, 0.2) is 5.60 Å². The van der Waals surface area contributed by atoms with Gasteiger partial charge in [-0.25, -0.2) is 4.99 Å². The molecule has 2 aliphatic rings. The Morgan fingerprint density at radius 3 is 2.64 bits per heavy atom. The fourth-order valence-corrected chi connectivity index (χ4v) is 3.55. The molecule has 0 radical (unpaired) electrons. The second-order valence-corrected chi connectivity index (χ2v) is 7.15. The number of aryl methyl sites for hydroxylation is 3. The number of carbonyl (C=O) groups is 1. The number of benzene rings is 1. The minimum Gasteiger partial charge on any atom is -0.374 e. The zero-order valence-corrected chi connectivity index (χ0v) is 15.1. The second kappa shape index (κ2) is 5.38. The number of hydrogen-bond donors (Lipinski definition) is 1. The maximum atomic E-state index is 13.0. The fraction of sp³-hybridized carbons (Fsp3) is 0.316. The molecule has 1 atom stereocenters. The Bertz CT molecular complexity index is 954. The number of pyridine rings is 1. The molecule has 1 aromatic carbocycles. The maximum Gasteiger partial charge on any atom is 0.204 e. The van der Waals surface area contributed by atoms with E-state index in [0.29, 0.717) is 35.1 Å². The largest absolute Gasteiger partial charge is 0.374 e. The molecule has 0 amide bonds. The number of aliphatic imine (C=N–C) groups is 1. The van der Waals surface area contributed by atoms with E-state index in [0.717, 1.165) is 22.5 Å². The number of rotatable bonds is 1. The number of amidine groups is 1. The van der Waals surface area contributed by atoms with Crippen molar-refractivity contribution >= 4 is 34.6 Å². The monoisotopic (exact) mass is 355 g/mol. The van der Waals surface area contributed by atoms with E-state index in [1.54, 1.807) is 12.3 Å². The summed E-state index contributed by atoms with van der Waals surface area (Å²) in [5.74, 6) is 0.0687. The van der Waals surface area contributed by atoms with Crippen LogP contribution in [0.2, 0.25) is 5.02 Å². The van der Waals surface area contributed by atoms with E-state index < -0.39 is 5.60 Å². The Kier molecular flexibility index (Phi) is 3.49. The molecule has 0 aliphatic carbocycles. The standard InChI is InChI=1S/C19H18ClN3O2/c1-10-6-14-16(7-11(10)2)22-18-19(25,17(14)24)4-5-23(18)13-8-15(20)12(3)21-9-13/h6-9,25H,4-5H2,1-3H3/t19-/m1/s1. The molecule has 1 saturated heterocycles. The number of halogens is 1. The highest BCUT2D eigenvalue weighted by atomic mass is 35.5. The number of Topliss-reactive ketones (excluding diaryl/α,β-unsaturated/α-hetero) is 1. The van der Waals surface area contributed by atoms with Crippen molar-refractivity contribution in [3.8, 4) is 0 Å². The van der Waals surface area contributed by atoms with E-state index in [1.165, 1.54) is 0 Å². The fourth-order valence-electron chi connectivity index (χ4n) is 3.39. The summed E-state index contributed by atoms with van der Waals surface area (Å²) in [6.07, 6.45) is 1.98. The number of carbonyl (C=O) groups excluding carboxylic acids is 1. The average Bonchev–Trinajstić information content (AvgIpc) is 2.91. The van der Waals surface area contributed by atoms with Gasteiger partial charge < -0.3 is 10.0 Å². The van der Waals surface area contributed by atoms with Gasteiger partial charge in [-0.15, -0.1) is 0 Å². The molecule has 0 spiro atoms. The van der Waals surface area contributed by atoms with Crippen molar-refractivity contribution in [1.29, 1.82) is 0 Å². The van der Waals surface area contributed by atoms with E-state index in [-0.39, 0.29) is 5.78 Å². The Balaban J connectivity index is 1.87. The van der Waals surface area contributed by atoms with Crippen LogP contribution in [0, 0.1) is 20.8 Å². The van der Waals surface area contributed by atoms with Crippen molar-refractivity contribution in [2.45, 2.75) is 32.8 Å². The zero-order chi connectivity index (χ0) is 17.9. The van der Waals surface area contributed by atoms with Crippen LogP contribution < -0.4 is 4.90 Å².